The van der Waals surface area contributed by atoms with Crippen molar-refractivity contribution in [3.8, 4) is 22.9 Å². The molecule has 32 heavy (non-hydrogen) atoms. The quantitative estimate of drug-likeness (QED) is 0.483. The second kappa shape index (κ2) is 8.49. The van der Waals surface area contributed by atoms with E-state index in [0.29, 0.717) is 12.5 Å². The zero-order chi connectivity index (χ0) is 22.7. The number of hydrogen-bond acceptors (Lipinski definition) is 7. The number of benzene rings is 1. The van der Waals surface area contributed by atoms with Crippen LogP contribution >= 0.6 is 0 Å². The zero-order valence-corrected chi connectivity index (χ0v) is 16.5. The number of nitrogens with one attached hydrogen (secondary N) is 1. The number of nitrogens with zero attached hydrogens (tertiary/aromatic N) is 5. The molecule has 9 nitrogen and oxygen atoms in total. The molecule has 1 N–H and O–H groups in total. The Morgan fingerprint density at radius 3 is 2.66 bits per heavy atom. The molecule has 3 heterocycles. The van der Waals surface area contributed by atoms with Crippen LogP contribution in [0, 0.1) is 0 Å². The van der Waals surface area contributed by atoms with Crippen LogP contribution in [0.25, 0.3) is 16.9 Å². The summed E-state index contributed by atoms with van der Waals surface area (Å²) in [5, 5.41) is 14.3. The van der Waals surface area contributed by atoms with Crippen molar-refractivity contribution < 1.29 is 27.4 Å². The number of carbonyl (C=O) groups is 1. The molecular weight excluding hydrogens is 429 g/mol. The predicted octanol–water partition coefficient (Wildman–Crippen LogP) is 3.74. The smallest absolute Gasteiger partial charge is 0.477 e. The van der Waals surface area contributed by atoms with E-state index in [9.17, 15) is 18.0 Å². The summed E-state index contributed by atoms with van der Waals surface area (Å²) in [6.07, 6.45) is -2.09. The highest BCUT2D eigenvalue weighted by molar-refractivity contribution is 6.07. The molecule has 0 saturated heterocycles. The maximum Gasteiger partial charge on any atom is 0.573 e. The Hall–Kier alpha value is -4.22. The van der Waals surface area contributed by atoms with Gasteiger partial charge in [0.05, 0.1) is 18.5 Å². The number of fused-ring (bicyclic) bond motifs is 1. The number of para-hydroxylation sites is 1. The number of halogens is 3. The molecule has 4 rings (SSSR count). The lowest BCUT2D eigenvalue weighted by Crippen LogP contribution is -2.17. The molecule has 0 unspecified atom stereocenters. The maximum absolute atomic E-state index is 12.8. The van der Waals surface area contributed by atoms with E-state index < -0.39 is 18.0 Å². The van der Waals surface area contributed by atoms with Gasteiger partial charge in [0.15, 0.2) is 11.5 Å². The number of carbonyl (C=O) groups excluding carboxylic acids is 1. The van der Waals surface area contributed by atoms with Crippen molar-refractivity contribution in [2.75, 3.05) is 11.9 Å². The minimum atomic E-state index is -4.86. The molecule has 164 valence electrons. The van der Waals surface area contributed by atoms with Gasteiger partial charge in [-0.2, -0.15) is 5.10 Å². The molecule has 12 heteroatoms. The molecule has 4 aromatic rings. The lowest BCUT2D eigenvalue weighted by Gasteiger charge is -2.13. The summed E-state index contributed by atoms with van der Waals surface area (Å²) >= 11 is 0. The number of amides is 1. The fraction of sp³-hybridized carbons (Fsp3) is 0.150. The monoisotopic (exact) mass is 444 g/mol. The van der Waals surface area contributed by atoms with Crippen LogP contribution in [0.2, 0.25) is 0 Å². The summed E-state index contributed by atoms with van der Waals surface area (Å²) in [4.78, 5) is 17.1. The third-order valence-corrected chi connectivity index (χ3v) is 4.18. The van der Waals surface area contributed by atoms with Crippen molar-refractivity contribution >= 4 is 17.4 Å². The lowest BCUT2D eigenvalue weighted by atomic mass is 10.1. The highest BCUT2D eigenvalue weighted by atomic mass is 19.4. The van der Waals surface area contributed by atoms with Crippen molar-refractivity contribution in [2.24, 2.45) is 0 Å². The predicted molar refractivity (Wildman–Crippen MR) is 106 cm³/mol. The molecule has 0 fully saturated rings. The minimum absolute atomic E-state index is 0.0942. The van der Waals surface area contributed by atoms with Gasteiger partial charge in [0.1, 0.15) is 11.3 Å². The van der Waals surface area contributed by atoms with Gasteiger partial charge in [-0.3, -0.25) is 4.79 Å². The van der Waals surface area contributed by atoms with Gasteiger partial charge >= 0.3 is 6.36 Å². The largest absolute Gasteiger partial charge is 0.573 e. The Labute approximate surface area is 178 Å². The Morgan fingerprint density at radius 1 is 1.12 bits per heavy atom. The second-order valence-electron chi connectivity index (χ2n) is 6.33. The topological polar surface area (TPSA) is 104 Å². The van der Waals surface area contributed by atoms with Gasteiger partial charge in [-0.05, 0) is 31.2 Å². The third-order valence-electron chi connectivity index (χ3n) is 4.18. The number of alkyl halides is 3. The van der Waals surface area contributed by atoms with E-state index in [2.05, 4.69) is 30.3 Å². The van der Waals surface area contributed by atoms with Gasteiger partial charge in [0.2, 0.25) is 5.88 Å². The van der Waals surface area contributed by atoms with E-state index in [1.54, 1.807) is 19.1 Å². The highest BCUT2D eigenvalue weighted by Gasteiger charge is 2.32. The molecule has 1 aromatic carbocycles. The Kier molecular flexibility index (Phi) is 5.58. The molecular formula is C20H15F3N6O3. The van der Waals surface area contributed by atoms with E-state index in [-0.39, 0.29) is 28.3 Å². The average molecular weight is 444 g/mol. The van der Waals surface area contributed by atoms with E-state index in [1.165, 1.54) is 47.2 Å². The van der Waals surface area contributed by atoms with Gasteiger partial charge in [0.25, 0.3) is 5.91 Å². The van der Waals surface area contributed by atoms with Gasteiger partial charge in [-0.1, -0.05) is 12.1 Å². The number of hydrogen-bond donors (Lipinski definition) is 1. The zero-order valence-electron chi connectivity index (χ0n) is 16.5. The van der Waals surface area contributed by atoms with Crippen LogP contribution in [0.15, 0.2) is 54.9 Å². The van der Waals surface area contributed by atoms with Crippen molar-refractivity contribution in [3.05, 3.63) is 60.4 Å². The van der Waals surface area contributed by atoms with E-state index >= 15 is 0 Å². The summed E-state index contributed by atoms with van der Waals surface area (Å²) in [6, 6.07) is 10.1. The first-order chi connectivity index (χ1) is 15.3. The minimum Gasteiger partial charge on any atom is -0.477 e. The Bertz CT molecular complexity index is 1260. The van der Waals surface area contributed by atoms with Crippen LogP contribution < -0.4 is 14.8 Å². The molecule has 0 bridgehead atoms. The molecule has 0 saturated carbocycles. The average Bonchev–Trinajstić information content (AvgIpc) is 3.18. The summed E-state index contributed by atoms with van der Waals surface area (Å²) in [5.41, 5.74) is 0.516. The van der Waals surface area contributed by atoms with Gasteiger partial charge in [-0.15, -0.1) is 23.4 Å². The summed E-state index contributed by atoms with van der Waals surface area (Å²) in [6.45, 7) is 2.23. The Morgan fingerprint density at radius 2 is 1.94 bits per heavy atom. The first-order valence-corrected chi connectivity index (χ1v) is 9.31. The molecule has 1 amide bonds. The molecule has 0 aliphatic rings. The summed E-state index contributed by atoms with van der Waals surface area (Å²) in [7, 11) is 0. The standard InChI is InChI=1S/C20H15F3N6O3/c1-2-31-17-8-7-16(27-28-17)26-19(30)13-11-24-29-10-9-14(25-18(13)29)12-5-3-4-6-15(12)32-20(21,22)23/h3-11H,2H2,1H3,(H,26,27,30). The van der Waals surface area contributed by atoms with Crippen molar-refractivity contribution in [3.63, 3.8) is 0 Å². The first kappa shape index (κ1) is 21.0. The van der Waals surface area contributed by atoms with Crippen LogP contribution in [0.3, 0.4) is 0 Å². The van der Waals surface area contributed by atoms with E-state index in [0.717, 1.165) is 0 Å². The molecule has 0 aliphatic carbocycles. The van der Waals surface area contributed by atoms with Gasteiger partial charge < -0.3 is 14.8 Å². The number of ether oxygens (including phenoxy) is 2. The Balaban J connectivity index is 1.64. The molecule has 0 aliphatic heterocycles. The third kappa shape index (κ3) is 4.58. The van der Waals surface area contributed by atoms with Gasteiger partial charge in [-0.25, -0.2) is 9.50 Å². The van der Waals surface area contributed by atoms with Crippen LogP contribution in [-0.4, -0.2) is 43.7 Å². The number of rotatable bonds is 6. The van der Waals surface area contributed by atoms with Crippen molar-refractivity contribution in [1.29, 1.82) is 0 Å². The number of aromatic nitrogens is 5. The fourth-order valence-electron chi connectivity index (χ4n) is 2.87. The molecule has 3 aromatic heterocycles. The molecule has 0 atom stereocenters. The summed E-state index contributed by atoms with van der Waals surface area (Å²) in [5.74, 6) is -0.486. The highest BCUT2D eigenvalue weighted by Crippen LogP contribution is 2.33. The summed E-state index contributed by atoms with van der Waals surface area (Å²) < 4.78 is 48.9. The first-order valence-electron chi connectivity index (χ1n) is 9.31. The van der Waals surface area contributed by atoms with E-state index in [1.807, 2.05) is 0 Å². The fourth-order valence-corrected chi connectivity index (χ4v) is 2.87. The molecule has 0 spiro atoms. The van der Waals surface area contributed by atoms with Gasteiger partial charge in [0, 0.05) is 17.8 Å². The van der Waals surface area contributed by atoms with Crippen LogP contribution in [-0.2, 0) is 0 Å². The second-order valence-corrected chi connectivity index (χ2v) is 6.33. The normalized spacial score (nSPS) is 11.4. The van der Waals surface area contributed by atoms with Crippen molar-refractivity contribution in [1.82, 2.24) is 24.8 Å². The van der Waals surface area contributed by atoms with Crippen molar-refractivity contribution in [2.45, 2.75) is 13.3 Å². The number of anilines is 1. The van der Waals surface area contributed by atoms with Crippen LogP contribution in [0.4, 0.5) is 19.0 Å². The molecule has 0 radical (unpaired) electrons. The maximum atomic E-state index is 12.8. The SMILES string of the molecule is CCOc1ccc(NC(=O)c2cnn3ccc(-c4ccccc4OC(F)(F)F)nc23)nn1. The van der Waals surface area contributed by atoms with Crippen LogP contribution in [0.5, 0.6) is 11.6 Å². The van der Waals surface area contributed by atoms with E-state index in [4.69, 9.17) is 4.74 Å². The lowest BCUT2D eigenvalue weighted by molar-refractivity contribution is -0.274. The van der Waals surface area contributed by atoms with Crippen LogP contribution in [0.1, 0.15) is 17.3 Å².